The molecule has 160 valence electrons. The number of carbonyl (C=O) groups excluding carboxylic acids is 1. The van der Waals surface area contributed by atoms with Crippen LogP contribution >= 0.6 is 12.4 Å². The van der Waals surface area contributed by atoms with Crippen molar-refractivity contribution < 1.29 is 4.79 Å². The fourth-order valence-corrected chi connectivity index (χ4v) is 7.82. The van der Waals surface area contributed by atoms with Crippen molar-refractivity contribution in [1.82, 2.24) is 4.90 Å². The highest BCUT2D eigenvalue weighted by molar-refractivity contribution is 5.85. The van der Waals surface area contributed by atoms with E-state index in [-0.39, 0.29) is 23.2 Å². The Morgan fingerprint density at radius 3 is 2.38 bits per heavy atom. The molecule has 1 aliphatic heterocycles. The number of nitrogens with zero attached hydrogens (tertiary/aromatic N) is 1. The molecule has 5 aliphatic rings. The van der Waals surface area contributed by atoms with Crippen molar-refractivity contribution in [3.8, 4) is 0 Å². The largest absolute Gasteiger partial charge is 0.339 e. The molecule has 1 aromatic rings. The van der Waals surface area contributed by atoms with Crippen LogP contribution in [-0.4, -0.2) is 29.9 Å². The zero-order valence-corrected chi connectivity index (χ0v) is 19.1. The number of rotatable bonds is 3. The summed E-state index contributed by atoms with van der Waals surface area (Å²) in [4.78, 5) is 16.2. The first-order valence-corrected chi connectivity index (χ1v) is 11.4. The van der Waals surface area contributed by atoms with E-state index in [4.69, 9.17) is 5.73 Å². The fraction of sp³-hybridized carbons (Fsp3) is 0.720. The van der Waals surface area contributed by atoms with Crippen LogP contribution in [0.1, 0.15) is 68.6 Å². The van der Waals surface area contributed by atoms with Crippen LogP contribution in [0.25, 0.3) is 0 Å². The summed E-state index contributed by atoms with van der Waals surface area (Å²) < 4.78 is 0. The molecule has 5 fully saturated rings. The number of carbonyl (C=O) groups is 1. The van der Waals surface area contributed by atoms with Crippen molar-refractivity contribution in [2.24, 2.45) is 28.9 Å². The lowest BCUT2D eigenvalue weighted by Gasteiger charge is -2.62. The van der Waals surface area contributed by atoms with E-state index in [9.17, 15) is 4.79 Å². The molecule has 4 atom stereocenters. The zero-order valence-electron chi connectivity index (χ0n) is 18.2. The standard InChI is InChI=1S/C25H36N2O.ClH/c1-16-4-5-22(6-17(16)2)24-9-19-8-20(10-24)12-25(11-19,15-24)23(28)27-14-21(13-26)7-18(27)3;/h4-6,18-21H,7-15,26H2,1-3H3;1H. The van der Waals surface area contributed by atoms with Gasteiger partial charge in [-0.05, 0) is 112 Å². The smallest absolute Gasteiger partial charge is 0.229 e. The van der Waals surface area contributed by atoms with Crippen molar-refractivity contribution >= 4 is 18.3 Å². The second-order valence-electron chi connectivity index (χ2n) is 11.0. The Morgan fingerprint density at radius 2 is 1.79 bits per heavy atom. The Hall–Kier alpha value is -1.06. The van der Waals surface area contributed by atoms with Crippen LogP contribution in [0.3, 0.4) is 0 Å². The summed E-state index contributed by atoms with van der Waals surface area (Å²) >= 11 is 0. The van der Waals surface area contributed by atoms with Crippen LogP contribution in [0.2, 0.25) is 0 Å². The average molecular weight is 417 g/mol. The number of hydrogen-bond donors (Lipinski definition) is 1. The SMILES string of the molecule is Cc1ccc(C23CC4CC(CC(C(=O)N5CC(CN)CC5C)(C4)C2)C3)cc1C.Cl. The summed E-state index contributed by atoms with van der Waals surface area (Å²) in [6, 6.07) is 7.46. The number of benzene rings is 1. The molecule has 4 bridgehead atoms. The highest BCUT2D eigenvalue weighted by atomic mass is 35.5. The van der Waals surface area contributed by atoms with Gasteiger partial charge < -0.3 is 10.6 Å². The van der Waals surface area contributed by atoms with E-state index in [1.165, 1.54) is 36.0 Å². The summed E-state index contributed by atoms with van der Waals surface area (Å²) in [5.41, 5.74) is 10.3. The molecule has 0 spiro atoms. The first-order valence-electron chi connectivity index (χ1n) is 11.4. The van der Waals surface area contributed by atoms with Crippen molar-refractivity contribution in [2.75, 3.05) is 13.1 Å². The van der Waals surface area contributed by atoms with E-state index in [0.29, 0.717) is 24.4 Å². The van der Waals surface area contributed by atoms with E-state index in [0.717, 1.165) is 44.1 Å². The minimum Gasteiger partial charge on any atom is -0.339 e. The molecular weight excluding hydrogens is 380 g/mol. The molecule has 4 saturated carbocycles. The Morgan fingerprint density at radius 1 is 1.10 bits per heavy atom. The summed E-state index contributed by atoms with van der Waals surface area (Å²) in [6.45, 7) is 8.25. The molecular formula is C25H37ClN2O. The fourth-order valence-electron chi connectivity index (χ4n) is 7.82. The molecule has 1 heterocycles. The first kappa shape index (κ1) is 21.2. The van der Waals surface area contributed by atoms with Crippen LogP contribution in [0.5, 0.6) is 0 Å². The van der Waals surface area contributed by atoms with Gasteiger partial charge in [0.1, 0.15) is 0 Å². The van der Waals surface area contributed by atoms with Crippen LogP contribution in [0, 0.1) is 37.0 Å². The van der Waals surface area contributed by atoms with Crippen LogP contribution < -0.4 is 5.73 Å². The third-order valence-corrected chi connectivity index (χ3v) is 8.89. The Balaban J connectivity index is 0.00000205. The Kier molecular flexibility index (Phi) is 5.31. The molecule has 4 aliphatic carbocycles. The zero-order chi connectivity index (χ0) is 19.7. The highest BCUT2D eigenvalue weighted by Gasteiger charge is 2.62. The van der Waals surface area contributed by atoms with Crippen molar-refractivity contribution in [2.45, 2.75) is 77.2 Å². The number of halogens is 1. The van der Waals surface area contributed by atoms with Gasteiger partial charge in [0.15, 0.2) is 0 Å². The summed E-state index contributed by atoms with van der Waals surface area (Å²) in [7, 11) is 0. The second-order valence-corrected chi connectivity index (χ2v) is 11.0. The lowest BCUT2D eigenvalue weighted by Crippen LogP contribution is -2.60. The van der Waals surface area contributed by atoms with Crippen LogP contribution in [-0.2, 0) is 10.2 Å². The van der Waals surface area contributed by atoms with E-state index >= 15 is 0 Å². The van der Waals surface area contributed by atoms with Gasteiger partial charge in [0, 0.05) is 12.6 Å². The molecule has 6 rings (SSSR count). The lowest BCUT2D eigenvalue weighted by atomic mass is 9.42. The summed E-state index contributed by atoms with van der Waals surface area (Å²) in [5.74, 6) is 2.42. The summed E-state index contributed by atoms with van der Waals surface area (Å²) in [5, 5.41) is 0. The molecule has 1 amide bonds. The van der Waals surface area contributed by atoms with Gasteiger partial charge in [-0.15, -0.1) is 12.4 Å². The molecule has 0 radical (unpaired) electrons. The normalized spacial score (nSPS) is 40.2. The third-order valence-electron chi connectivity index (χ3n) is 8.89. The second kappa shape index (κ2) is 7.27. The van der Waals surface area contributed by atoms with Crippen molar-refractivity contribution in [3.63, 3.8) is 0 Å². The van der Waals surface area contributed by atoms with Gasteiger partial charge in [-0.25, -0.2) is 0 Å². The van der Waals surface area contributed by atoms with E-state index in [2.05, 4.69) is 43.9 Å². The number of likely N-dealkylation sites (tertiary alicyclic amines) is 1. The topological polar surface area (TPSA) is 46.3 Å². The maximum Gasteiger partial charge on any atom is 0.229 e. The predicted octanol–water partition coefficient (Wildman–Crippen LogP) is 4.76. The van der Waals surface area contributed by atoms with Gasteiger partial charge >= 0.3 is 0 Å². The molecule has 4 heteroatoms. The van der Waals surface area contributed by atoms with E-state index < -0.39 is 0 Å². The molecule has 1 aromatic carbocycles. The van der Waals surface area contributed by atoms with Gasteiger partial charge in [-0.1, -0.05) is 18.2 Å². The van der Waals surface area contributed by atoms with Gasteiger partial charge in [-0.3, -0.25) is 4.79 Å². The predicted molar refractivity (Wildman–Crippen MR) is 120 cm³/mol. The van der Waals surface area contributed by atoms with E-state index in [1.54, 1.807) is 0 Å². The quantitative estimate of drug-likeness (QED) is 0.772. The minimum absolute atomic E-state index is 0. The molecule has 29 heavy (non-hydrogen) atoms. The molecule has 1 saturated heterocycles. The van der Waals surface area contributed by atoms with Crippen LogP contribution in [0.4, 0.5) is 0 Å². The van der Waals surface area contributed by atoms with Crippen molar-refractivity contribution in [1.29, 1.82) is 0 Å². The monoisotopic (exact) mass is 416 g/mol. The molecule has 0 aromatic heterocycles. The number of nitrogens with two attached hydrogens (primary N) is 1. The molecule has 3 nitrogen and oxygen atoms in total. The summed E-state index contributed by atoms with van der Waals surface area (Å²) in [6.07, 6.45) is 8.35. The van der Waals surface area contributed by atoms with E-state index in [1.807, 2.05) is 0 Å². The number of hydrogen-bond acceptors (Lipinski definition) is 2. The van der Waals surface area contributed by atoms with Gasteiger partial charge in [0.2, 0.25) is 5.91 Å². The lowest BCUT2D eigenvalue weighted by molar-refractivity contribution is -0.161. The van der Waals surface area contributed by atoms with Gasteiger partial charge in [0.25, 0.3) is 0 Å². The highest BCUT2D eigenvalue weighted by Crippen LogP contribution is 2.66. The Labute approximate surface area is 182 Å². The van der Waals surface area contributed by atoms with Crippen LogP contribution in [0.15, 0.2) is 18.2 Å². The molecule has 2 N–H and O–H groups in total. The maximum atomic E-state index is 14.0. The maximum absolute atomic E-state index is 14.0. The number of aryl methyl sites for hydroxylation is 2. The average Bonchev–Trinajstić information content (AvgIpc) is 3.03. The number of amides is 1. The Bertz CT molecular complexity index is 792. The third kappa shape index (κ3) is 3.24. The van der Waals surface area contributed by atoms with Gasteiger partial charge in [0.05, 0.1) is 5.41 Å². The first-order chi connectivity index (χ1) is 13.3. The minimum atomic E-state index is -0.110. The van der Waals surface area contributed by atoms with Crippen molar-refractivity contribution in [3.05, 3.63) is 34.9 Å². The molecule has 4 unspecified atom stereocenters. The van der Waals surface area contributed by atoms with Gasteiger partial charge in [-0.2, -0.15) is 0 Å².